The molecule has 0 aliphatic rings. The molecule has 0 aromatic heterocycles. The lowest BCUT2D eigenvalue weighted by Crippen LogP contribution is -2.27. The fourth-order valence-electron chi connectivity index (χ4n) is 1.91. The van der Waals surface area contributed by atoms with E-state index >= 15 is 0 Å². The first kappa shape index (κ1) is 14.5. The fraction of sp³-hybridized carbons (Fsp3) is 0.571. The molecule has 0 fully saturated rings. The summed E-state index contributed by atoms with van der Waals surface area (Å²) in [4.78, 5) is 0. The Balaban J connectivity index is 2.54. The summed E-state index contributed by atoms with van der Waals surface area (Å²) in [5.41, 5.74) is 1.05. The molecule has 1 aromatic carbocycles. The topological polar surface area (TPSA) is 12.0 Å². The van der Waals surface area contributed by atoms with Crippen LogP contribution >= 0.6 is 11.8 Å². The zero-order chi connectivity index (χ0) is 12.7. The van der Waals surface area contributed by atoms with Gasteiger partial charge in [0.2, 0.25) is 0 Å². The predicted molar refractivity (Wildman–Crippen MR) is 75.0 cm³/mol. The van der Waals surface area contributed by atoms with Crippen LogP contribution in [0.25, 0.3) is 0 Å². The van der Waals surface area contributed by atoms with E-state index in [0.717, 1.165) is 24.3 Å². The van der Waals surface area contributed by atoms with Crippen molar-refractivity contribution in [3.8, 4) is 0 Å². The third-order valence-electron chi connectivity index (χ3n) is 2.82. The van der Waals surface area contributed by atoms with E-state index < -0.39 is 0 Å². The molecule has 3 heteroatoms. The van der Waals surface area contributed by atoms with Crippen LogP contribution in [0.3, 0.4) is 0 Å². The van der Waals surface area contributed by atoms with E-state index in [0.29, 0.717) is 5.92 Å². The van der Waals surface area contributed by atoms with E-state index in [1.165, 1.54) is 6.07 Å². The van der Waals surface area contributed by atoms with Gasteiger partial charge < -0.3 is 5.32 Å². The molecule has 0 aliphatic heterocycles. The van der Waals surface area contributed by atoms with Gasteiger partial charge in [-0.3, -0.25) is 0 Å². The highest BCUT2D eigenvalue weighted by molar-refractivity contribution is 7.98. The quantitative estimate of drug-likeness (QED) is 0.794. The second-order valence-corrected chi connectivity index (χ2v) is 5.40. The second kappa shape index (κ2) is 7.72. The SMILES string of the molecule is CCC(NCC(C)CSC)c1cccc(F)c1. The maximum Gasteiger partial charge on any atom is 0.123 e. The first-order valence-electron chi connectivity index (χ1n) is 6.15. The van der Waals surface area contributed by atoms with Crippen LogP contribution in [0.4, 0.5) is 4.39 Å². The van der Waals surface area contributed by atoms with E-state index in [9.17, 15) is 4.39 Å². The number of halogens is 1. The fourth-order valence-corrected chi connectivity index (χ4v) is 2.60. The highest BCUT2D eigenvalue weighted by atomic mass is 32.2. The molecule has 0 saturated carbocycles. The first-order valence-corrected chi connectivity index (χ1v) is 7.54. The van der Waals surface area contributed by atoms with Gasteiger partial charge in [-0.1, -0.05) is 26.0 Å². The number of hydrogen-bond acceptors (Lipinski definition) is 2. The number of nitrogens with one attached hydrogen (secondary N) is 1. The summed E-state index contributed by atoms with van der Waals surface area (Å²) in [5, 5.41) is 3.52. The maximum absolute atomic E-state index is 13.2. The Labute approximate surface area is 108 Å². The molecular weight excluding hydrogens is 233 g/mol. The first-order chi connectivity index (χ1) is 8.17. The van der Waals surface area contributed by atoms with Crippen LogP contribution in [0.5, 0.6) is 0 Å². The minimum Gasteiger partial charge on any atom is -0.310 e. The van der Waals surface area contributed by atoms with Gasteiger partial charge in [0.25, 0.3) is 0 Å². The van der Waals surface area contributed by atoms with Crippen molar-refractivity contribution in [2.45, 2.75) is 26.3 Å². The van der Waals surface area contributed by atoms with Gasteiger partial charge in [0.05, 0.1) is 0 Å². The van der Waals surface area contributed by atoms with Gasteiger partial charge in [-0.2, -0.15) is 11.8 Å². The van der Waals surface area contributed by atoms with E-state index in [-0.39, 0.29) is 11.9 Å². The molecule has 0 saturated heterocycles. The maximum atomic E-state index is 13.2. The smallest absolute Gasteiger partial charge is 0.123 e. The van der Waals surface area contributed by atoms with Crippen molar-refractivity contribution in [1.82, 2.24) is 5.32 Å². The Bertz CT molecular complexity index is 330. The van der Waals surface area contributed by atoms with Crippen LogP contribution in [0.15, 0.2) is 24.3 Å². The molecular formula is C14H22FNS. The van der Waals surface area contributed by atoms with Crippen molar-refractivity contribution < 1.29 is 4.39 Å². The van der Waals surface area contributed by atoms with E-state index in [1.54, 1.807) is 12.1 Å². The highest BCUT2D eigenvalue weighted by Gasteiger charge is 2.10. The highest BCUT2D eigenvalue weighted by Crippen LogP contribution is 2.18. The summed E-state index contributed by atoms with van der Waals surface area (Å²) in [7, 11) is 0. The normalized spacial score (nSPS) is 14.6. The van der Waals surface area contributed by atoms with Crippen molar-refractivity contribution in [3.05, 3.63) is 35.6 Å². The predicted octanol–water partition coefficient (Wildman–Crippen LogP) is 3.87. The molecule has 17 heavy (non-hydrogen) atoms. The van der Waals surface area contributed by atoms with Gasteiger partial charge in [0.15, 0.2) is 0 Å². The molecule has 1 N–H and O–H groups in total. The Morgan fingerprint density at radius 1 is 1.41 bits per heavy atom. The lowest BCUT2D eigenvalue weighted by atomic mass is 10.0. The number of rotatable bonds is 7. The second-order valence-electron chi connectivity index (χ2n) is 4.48. The summed E-state index contributed by atoms with van der Waals surface area (Å²) in [6, 6.07) is 7.14. The van der Waals surface area contributed by atoms with Gasteiger partial charge in [0, 0.05) is 6.04 Å². The molecule has 96 valence electrons. The van der Waals surface area contributed by atoms with E-state index in [1.807, 2.05) is 17.8 Å². The monoisotopic (exact) mass is 255 g/mol. The number of benzene rings is 1. The molecule has 0 spiro atoms. The third-order valence-corrected chi connectivity index (χ3v) is 3.73. The van der Waals surface area contributed by atoms with Crippen molar-refractivity contribution in [1.29, 1.82) is 0 Å². The lowest BCUT2D eigenvalue weighted by molar-refractivity contribution is 0.466. The molecule has 0 amide bonds. The molecule has 1 nitrogen and oxygen atoms in total. The van der Waals surface area contributed by atoms with Crippen molar-refractivity contribution in [2.75, 3.05) is 18.6 Å². The van der Waals surface area contributed by atoms with Gasteiger partial charge >= 0.3 is 0 Å². The molecule has 1 aromatic rings. The average molecular weight is 255 g/mol. The van der Waals surface area contributed by atoms with Crippen molar-refractivity contribution in [2.24, 2.45) is 5.92 Å². The summed E-state index contributed by atoms with van der Waals surface area (Å²) in [6.45, 7) is 5.35. The van der Waals surface area contributed by atoms with Gasteiger partial charge in [-0.15, -0.1) is 0 Å². The Hall–Kier alpha value is -0.540. The molecule has 0 bridgehead atoms. The lowest BCUT2D eigenvalue weighted by Gasteiger charge is -2.20. The van der Waals surface area contributed by atoms with Crippen molar-refractivity contribution in [3.63, 3.8) is 0 Å². The third kappa shape index (κ3) is 5.09. The Morgan fingerprint density at radius 2 is 2.18 bits per heavy atom. The standard InChI is InChI=1S/C14H22FNS/c1-4-14(16-9-11(2)10-17-3)12-6-5-7-13(15)8-12/h5-8,11,14,16H,4,9-10H2,1-3H3. The number of thioether (sulfide) groups is 1. The summed E-state index contributed by atoms with van der Waals surface area (Å²) < 4.78 is 13.2. The van der Waals surface area contributed by atoms with Crippen LogP contribution < -0.4 is 5.32 Å². The van der Waals surface area contributed by atoms with Crippen LogP contribution in [0.2, 0.25) is 0 Å². The molecule has 1 rings (SSSR count). The van der Waals surface area contributed by atoms with Crippen LogP contribution in [-0.2, 0) is 0 Å². The minimum absolute atomic E-state index is 0.153. The summed E-state index contributed by atoms with van der Waals surface area (Å²) in [5.74, 6) is 1.65. The summed E-state index contributed by atoms with van der Waals surface area (Å²) in [6.07, 6.45) is 3.11. The Morgan fingerprint density at radius 3 is 2.76 bits per heavy atom. The average Bonchev–Trinajstić information content (AvgIpc) is 2.30. The number of hydrogen-bond donors (Lipinski definition) is 1. The van der Waals surface area contributed by atoms with E-state index in [2.05, 4.69) is 25.4 Å². The molecule has 2 atom stereocenters. The molecule has 2 unspecified atom stereocenters. The molecule has 0 heterocycles. The summed E-state index contributed by atoms with van der Waals surface area (Å²) >= 11 is 1.87. The molecule has 0 aliphatic carbocycles. The van der Waals surface area contributed by atoms with Crippen molar-refractivity contribution >= 4 is 11.8 Å². The molecule has 0 radical (unpaired) electrons. The van der Waals surface area contributed by atoms with Crippen LogP contribution in [-0.4, -0.2) is 18.6 Å². The zero-order valence-corrected chi connectivity index (χ0v) is 11.7. The van der Waals surface area contributed by atoms with Gasteiger partial charge in [-0.05, 0) is 48.6 Å². The van der Waals surface area contributed by atoms with Gasteiger partial charge in [0.1, 0.15) is 5.82 Å². The van der Waals surface area contributed by atoms with Crippen LogP contribution in [0, 0.1) is 11.7 Å². The Kier molecular flexibility index (Phi) is 6.60. The zero-order valence-electron chi connectivity index (χ0n) is 10.9. The van der Waals surface area contributed by atoms with Crippen LogP contribution in [0.1, 0.15) is 31.9 Å². The van der Waals surface area contributed by atoms with Gasteiger partial charge in [-0.25, -0.2) is 4.39 Å². The largest absolute Gasteiger partial charge is 0.310 e. The van der Waals surface area contributed by atoms with E-state index in [4.69, 9.17) is 0 Å². The minimum atomic E-state index is -0.153.